The van der Waals surface area contributed by atoms with Gasteiger partial charge in [0.1, 0.15) is 11.6 Å². The summed E-state index contributed by atoms with van der Waals surface area (Å²) >= 11 is 7.33. The molecule has 144 valence electrons. The molecule has 0 saturated carbocycles. The van der Waals surface area contributed by atoms with Crippen molar-refractivity contribution in [3.05, 3.63) is 83.3 Å². The lowest BCUT2D eigenvalue weighted by Crippen LogP contribution is -2.30. The number of pyridine rings is 1. The van der Waals surface area contributed by atoms with Gasteiger partial charge in [0.25, 0.3) is 0 Å². The van der Waals surface area contributed by atoms with Crippen molar-refractivity contribution in [2.75, 3.05) is 0 Å². The SMILES string of the molecule is CC(Sc1ccc(Cl)cc1)C(=O)NCc1ccc(Oc2cccc(F)c2)nc1. The Bertz CT molecular complexity index is 936. The van der Waals surface area contributed by atoms with Gasteiger partial charge in [0.15, 0.2) is 0 Å². The number of halogens is 2. The number of nitrogens with one attached hydrogen (secondary N) is 1. The lowest BCUT2D eigenvalue weighted by atomic mass is 10.3. The Morgan fingerprint density at radius 1 is 1.21 bits per heavy atom. The zero-order valence-corrected chi connectivity index (χ0v) is 16.6. The quantitative estimate of drug-likeness (QED) is 0.519. The van der Waals surface area contributed by atoms with Crippen molar-refractivity contribution in [1.82, 2.24) is 10.3 Å². The van der Waals surface area contributed by atoms with Crippen LogP contribution >= 0.6 is 23.4 Å². The van der Waals surface area contributed by atoms with Crippen molar-refractivity contribution in [2.24, 2.45) is 0 Å². The smallest absolute Gasteiger partial charge is 0.233 e. The Morgan fingerprint density at radius 2 is 2.00 bits per heavy atom. The van der Waals surface area contributed by atoms with Crippen LogP contribution in [0.5, 0.6) is 11.6 Å². The van der Waals surface area contributed by atoms with E-state index in [4.69, 9.17) is 16.3 Å². The average Bonchev–Trinajstić information content (AvgIpc) is 2.69. The van der Waals surface area contributed by atoms with Crippen molar-refractivity contribution < 1.29 is 13.9 Å². The van der Waals surface area contributed by atoms with E-state index < -0.39 is 0 Å². The molecular formula is C21H18ClFN2O2S. The zero-order chi connectivity index (χ0) is 19.9. The second-order valence-corrected chi connectivity index (χ2v) is 7.85. The van der Waals surface area contributed by atoms with E-state index in [2.05, 4.69) is 10.3 Å². The van der Waals surface area contributed by atoms with Crippen LogP contribution in [0.15, 0.2) is 71.8 Å². The maximum absolute atomic E-state index is 13.2. The van der Waals surface area contributed by atoms with E-state index in [1.165, 1.54) is 23.9 Å². The number of carbonyl (C=O) groups is 1. The number of aromatic nitrogens is 1. The molecule has 1 atom stereocenters. The largest absolute Gasteiger partial charge is 0.439 e. The number of ether oxygens (including phenoxy) is 1. The number of amides is 1. The Balaban J connectivity index is 1.49. The van der Waals surface area contributed by atoms with Gasteiger partial charge in [-0.15, -0.1) is 11.8 Å². The van der Waals surface area contributed by atoms with Gasteiger partial charge in [0.2, 0.25) is 11.8 Å². The number of rotatable bonds is 7. The molecule has 0 saturated heterocycles. The third kappa shape index (κ3) is 5.97. The highest BCUT2D eigenvalue weighted by atomic mass is 35.5. The monoisotopic (exact) mass is 416 g/mol. The van der Waals surface area contributed by atoms with Gasteiger partial charge in [-0.25, -0.2) is 9.37 Å². The first-order chi connectivity index (χ1) is 13.5. The van der Waals surface area contributed by atoms with Crippen LogP contribution in [-0.2, 0) is 11.3 Å². The van der Waals surface area contributed by atoms with E-state index in [-0.39, 0.29) is 17.0 Å². The summed E-state index contributed by atoms with van der Waals surface area (Å²) in [6, 6.07) is 16.7. The van der Waals surface area contributed by atoms with Gasteiger partial charge in [0, 0.05) is 34.8 Å². The second kappa shape index (κ2) is 9.57. The predicted octanol–water partition coefficient (Wildman–Crippen LogP) is 5.46. The van der Waals surface area contributed by atoms with Gasteiger partial charge in [-0.2, -0.15) is 0 Å². The summed E-state index contributed by atoms with van der Waals surface area (Å²) in [5, 5.41) is 3.31. The van der Waals surface area contributed by atoms with Crippen molar-refractivity contribution in [3.63, 3.8) is 0 Å². The van der Waals surface area contributed by atoms with Crippen LogP contribution in [0.25, 0.3) is 0 Å². The maximum Gasteiger partial charge on any atom is 0.233 e. The molecular weight excluding hydrogens is 399 g/mol. The van der Waals surface area contributed by atoms with E-state index in [1.807, 2.05) is 19.1 Å². The fourth-order valence-electron chi connectivity index (χ4n) is 2.33. The summed E-state index contributed by atoms with van der Waals surface area (Å²) in [4.78, 5) is 17.5. The molecule has 0 aliphatic rings. The van der Waals surface area contributed by atoms with Crippen LogP contribution in [0.2, 0.25) is 5.02 Å². The summed E-state index contributed by atoms with van der Waals surface area (Å²) in [7, 11) is 0. The van der Waals surface area contributed by atoms with Crippen LogP contribution < -0.4 is 10.1 Å². The van der Waals surface area contributed by atoms with Crippen molar-refractivity contribution in [3.8, 4) is 11.6 Å². The number of hydrogen-bond acceptors (Lipinski definition) is 4. The highest BCUT2D eigenvalue weighted by Gasteiger charge is 2.14. The highest BCUT2D eigenvalue weighted by molar-refractivity contribution is 8.00. The molecule has 1 aromatic heterocycles. The van der Waals surface area contributed by atoms with Gasteiger partial charge in [-0.05, 0) is 48.9 Å². The summed E-state index contributed by atoms with van der Waals surface area (Å²) in [5.41, 5.74) is 0.837. The molecule has 1 heterocycles. The zero-order valence-electron chi connectivity index (χ0n) is 15.1. The lowest BCUT2D eigenvalue weighted by Gasteiger charge is -2.12. The van der Waals surface area contributed by atoms with Crippen LogP contribution in [0.4, 0.5) is 4.39 Å². The minimum atomic E-state index is -0.373. The first-order valence-corrected chi connectivity index (χ1v) is 9.83. The summed E-state index contributed by atoms with van der Waals surface area (Å²) in [5.74, 6) is 0.288. The molecule has 2 aromatic carbocycles. The van der Waals surface area contributed by atoms with Crippen LogP contribution in [0.3, 0.4) is 0 Å². The number of thioether (sulfide) groups is 1. The van der Waals surface area contributed by atoms with Crippen LogP contribution in [0, 0.1) is 5.82 Å². The topological polar surface area (TPSA) is 51.2 Å². The van der Waals surface area contributed by atoms with E-state index >= 15 is 0 Å². The van der Waals surface area contributed by atoms with Gasteiger partial charge in [-0.1, -0.05) is 23.7 Å². The first kappa shape index (κ1) is 20.2. The van der Waals surface area contributed by atoms with E-state index in [1.54, 1.807) is 42.6 Å². The maximum atomic E-state index is 13.2. The molecule has 0 bridgehead atoms. The van der Waals surface area contributed by atoms with Crippen molar-refractivity contribution in [2.45, 2.75) is 23.6 Å². The van der Waals surface area contributed by atoms with Crippen molar-refractivity contribution >= 4 is 29.3 Å². The molecule has 7 heteroatoms. The van der Waals surface area contributed by atoms with E-state index in [0.717, 1.165) is 10.5 Å². The third-order valence-corrected chi connectivity index (χ3v) is 5.14. The van der Waals surface area contributed by atoms with Crippen molar-refractivity contribution in [1.29, 1.82) is 0 Å². The molecule has 4 nitrogen and oxygen atoms in total. The minimum absolute atomic E-state index is 0.0694. The number of benzene rings is 2. The van der Waals surface area contributed by atoms with Gasteiger partial charge in [-0.3, -0.25) is 4.79 Å². The molecule has 0 spiro atoms. The molecule has 3 aromatic rings. The predicted molar refractivity (Wildman–Crippen MR) is 109 cm³/mol. The fraction of sp³-hybridized carbons (Fsp3) is 0.143. The third-order valence-electron chi connectivity index (χ3n) is 3.78. The number of nitrogens with zero attached hydrogens (tertiary/aromatic N) is 1. The van der Waals surface area contributed by atoms with Crippen LogP contribution in [0.1, 0.15) is 12.5 Å². The Morgan fingerprint density at radius 3 is 2.68 bits per heavy atom. The van der Waals surface area contributed by atoms with E-state index in [9.17, 15) is 9.18 Å². The molecule has 0 radical (unpaired) electrons. The van der Waals surface area contributed by atoms with Gasteiger partial charge >= 0.3 is 0 Å². The normalized spacial score (nSPS) is 11.7. The summed E-state index contributed by atoms with van der Waals surface area (Å²) in [6.07, 6.45) is 1.62. The van der Waals surface area contributed by atoms with Gasteiger partial charge in [0.05, 0.1) is 5.25 Å². The number of hydrogen-bond donors (Lipinski definition) is 1. The minimum Gasteiger partial charge on any atom is -0.439 e. The van der Waals surface area contributed by atoms with E-state index in [0.29, 0.717) is 23.2 Å². The standard InChI is InChI=1S/C21H18ClFN2O2S/c1-14(28-19-8-6-16(22)7-9-19)21(26)25-13-15-5-10-20(24-12-15)27-18-4-2-3-17(23)11-18/h2-12,14H,13H2,1H3,(H,25,26). The Kier molecular flexibility index (Phi) is 6.90. The number of carbonyl (C=O) groups excluding carboxylic acids is 1. The first-order valence-electron chi connectivity index (χ1n) is 8.58. The summed E-state index contributed by atoms with van der Waals surface area (Å²) in [6.45, 7) is 2.21. The summed E-state index contributed by atoms with van der Waals surface area (Å²) < 4.78 is 18.7. The van der Waals surface area contributed by atoms with Gasteiger partial charge < -0.3 is 10.1 Å². The molecule has 3 rings (SSSR count). The molecule has 0 aliphatic heterocycles. The molecule has 0 fully saturated rings. The highest BCUT2D eigenvalue weighted by Crippen LogP contribution is 2.25. The molecule has 1 amide bonds. The molecule has 1 N–H and O–H groups in total. The molecule has 1 unspecified atom stereocenters. The van der Waals surface area contributed by atoms with Crippen LogP contribution in [-0.4, -0.2) is 16.1 Å². The molecule has 28 heavy (non-hydrogen) atoms. The average molecular weight is 417 g/mol. The Hall–Kier alpha value is -2.57. The fourth-order valence-corrected chi connectivity index (χ4v) is 3.35. The second-order valence-electron chi connectivity index (χ2n) is 6.00. The lowest BCUT2D eigenvalue weighted by molar-refractivity contribution is -0.120. The molecule has 0 aliphatic carbocycles. The Labute approximate surface area is 172 Å².